The molecule has 35 heavy (non-hydrogen) atoms. The molecule has 4 aromatic heterocycles. The van der Waals surface area contributed by atoms with Gasteiger partial charge >= 0.3 is 0 Å². The molecule has 0 saturated heterocycles. The van der Waals surface area contributed by atoms with Gasteiger partial charge in [-0.05, 0) is 55.3 Å². The van der Waals surface area contributed by atoms with Gasteiger partial charge in [0.15, 0.2) is 0 Å². The fourth-order valence-corrected chi connectivity index (χ4v) is 6.11. The lowest BCUT2D eigenvalue weighted by Gasteiger charge is -2.28. The van der Waals surface area contributed by atoms with Gasteiger partial charge in [0.25, 0.3) is 0 Å². The van der Waals surface area contributed by atoms with Crippen LogP contribution >= 0.6 is 22.9 Å². The van der Waals surface area contributed by atoms with Crippen LogP contribution in [0.2, 0.25) is 5.02 Å². The molecule has 4 N–H and O–H groups in total. The zero-order chi connectivity index (χ0) is 24.1. The van der Waals surface area contributed by atoms with Crippen molar-refractivity contribution in [3.05, 3.63) is 59.3 Å². The summed E-state index contributed by atoms with van der Waals surface area (Å²) in [7, 11) is 0. The summed E-state index contributed by atoms with van der Waals surface area (Å²) in [6.07, 6.45) is 6.78. The van der Waals surface area contributed by atoms with Gasteiger partial charge < -0.3 is 16.0 Å². The second-order valence-electron chi connectivity index (χ2n) is 9.01. The zero-order valence-corrected chi connectivity index (χ0v) is 20.4. The van der Waals surface area contributed by atoms with Gasteiger partial charge in [-0.1, -0.05) is 23.7 Å². The molecule has 0 unspecified atom stereocenters. The van der Waals surface area contributed by atoms with E-state index < -0.39 is 0 Å². The van der Waals surface area contributed by atoms with Crippen molar-refractivity contribution in [2.75, 3.05) is 5.73 Å². The summed E-state index contributed by atoms with van der Waals surface area (Å²) in [6.45, 7) is 0. The number of hydrogen-bond donors (Lipinski definition) is 2. The molecule has 0 atom stereocenters. The average Bonchev–Trinajstić information content (AvgIpc) is 3.53. The van der Waals surface area contributed by atoms with Gasteiger partial charge in [-0.2, -0.15) is 0 Å². The highest BCUT2D eigenvalue weighted by molar-refractivity contribution is 7.13. The van der Waals surface area contributed by atoms with Gasteiger partial charge in [0.2, 0.25) is 5.91 Å². The molecule has 0 bridgehead atoms. The first-order valence-corrected chi connectivity index (χ1v) is 12.8. The Hall–Kier alpha value is -3.49. The molecule has 9 heteroatoms. The summed E-state index contributed by atoms with van der Waals surface area (Å²) >= 11 is 8.47. The number of fused-ring (bicyclic) bond motifs is 2. The highest BCUT2D eigenvalue weighted by atomic mass is 35.5. The Labute approximate surface area is 210 Å². The molecule has 0 spiro atoms. The predicted octanol–water partition coefficient (Wildman–Crippen LogP) is 5.83. The molecule has 7 nitrogen and oxygen atoms in total. The van der Waals surface area contributed by atoms with E-state index in [4.69, 9.17) is 28.1 Å². The maximum atomic E-state index is 11.6. The summed E-state index contributed by atoms with van der Waals surface area (Å²) in [5, 5.41) is 4.41. The number of amides is 1. The number of hydrogen-bond acceptors (Lipinski definition) is 6. The van der Waals surface area contributed by atoms with E-state index in [-0.39, 0.29) is 17.9 Å². The van der Waals surface area contributed by atoms with Crippen molar-refractivity contribution in [3.63, 3.8) is 0 Å². The van der Waals surface area contributed by atoms with Crippen molar-refractivity contribution in [3.8, 4) is 21.7 Å². The van der Waals surface area contributed by atoms with Gasteiger partial charge in [0.05, 0.1) is 21.5 Å². The van der Waals surface area contributed by atoms with Gasteiger partial charge in [-0.25, -0.2) is 15.0 Å². The van der Waals surface area contributed by atoms with E-state index >= 15 is 0 Å². The molecule has 0 radical (unpaired) electrons. The Morgan fingerprint density at radius 2 is 1.91 bits per heavy atom. The third-order valence-electron chi connectivity index (χ3n) is 6.97. The predicted molar refractivity (Wildman–Crippen MR) is 141 cm³/mol. The number of thiophene rings is 1. The van der Waals surface area contributed by atoms with Crippen LogP contribution in [0.1, 0.15) is 31.7 Å². The Bertz CT molecular complexity index is 1570. The number of primary amides is 1. The second kappa shape index (κ2) is 8.62. The van der Waals surface area contributed by atoms with Crippen molar-refractivity contribution < 1.29 is 4.79 Å². The first-order valence-electron chi connectivity index (χ1n) is 11.5. The lowest BCUT2D eigenvalue weighted by Crippen LogP contribution is -2.28. The molecule has 1 amide bonds. The minimum absolute atomic E-state index is 0.0641. The molecule has 5 aromatic rings. The lowest BCUT2D eigenvalue weighted by molar-refractivity contribution is -0.122. The standard InChI is InChI=1S/C26H23ClN6OS/c27-19-10-15-5-8-20(22-2-1-9-35-22)32-21(15)11-17(19)18-12-33(26-23(18)24(28)30-13-31-26)16-6-3-14(4-7-16)25(29)34/h1-2,5,8-14,16H,3-4,6-7H2,(H2,29,34)(H2,28,30,31). The van der Waals surface area contributed by atoms with Crippen LogP contribution in [0.25, 0.3) is 43.6 Å². The van der Waals surface area contributed by atoms with Crippen LogP contribution in [0, 0.1) is 5.92 Å². The van der Waals surface area contributed by atoms with Crippen LogP contribution in [0.5, 0.6) is 0 Å². The molecule has 176 valence electrons. The number of rotatable bonds is 4. The van der Waals surface area contributed by atoms with Gasteiger partial charge in [-0.15, -0.1) is 11.3 Å². The van der Waals surface area contributed by atoms with E-state index in [1.165, 1.54) is 6.33 Å². The topological polar surface area (TPSA) is 113 Å². The van der Waals surface area contributed by atoms with Crippen LogP contribution in [-0.4, -0.2) is 25.4 Å². The Balaban J connectivity index is 1.48. The Kier molecular flexibility index (Phi) is 5.42. The fourth-order valence-electron chi connectivity index (χ4n) is 5.14. The van der Waals surface area contributed by atoms with Crippen molar-refractivity contribution >= 4 is 56.6 Å². The van der Waals surface area contributed by atoms with Gasteiger partial charge in [0.1, 0.15) is 17.8 Å². The van der Waals surface area contributed by atoms with Gasteiger partial charge in [-0.3, -0.25) is 4.79 Å². The third kappa shape index (κ3) is 3.83. The molecule has 6 rings (SSSR count). The van der Waals surface area contributed by atoms with E-state index in [0.717, 1.165) is 69.3 Å². The first kappa shape index (κ1) is 22.0. The summed E-state index contributed by atoms with van der Waals surface area (Å²) in [6, 6.07) is 12.3. The van der Waals surface area contributed by atoms with Crippen LogP contribution in [0.15, 0.2) is 54.3 Å². The Morgan fingerprint density at radius 1 is 1.09 bits per heavy atom. The van der Waals surface area contributed by atoms with E-state index in [1.807, 2.05) is 35.7 Å². The number of halogens is 1. The van der Waals surface area contributed by atoms with E-state index in [1.54, 1.807) is 11.3 Å². The average molecular weight is 503 g/mol. The number of pyridine rings is 1. The summed E-state index contributed by atoms with van der Waals surface area (Å²) in [5.41, 5.74) is 16.2. The van der Waals surface area contributed by atoms with Gasteiger partial charge in [0, 0.05) is 39.7 Å². The molecule has 1 aliphatic carbocycles. The zero-order valence-electron chi connectivity index (χ0n) is 18.8. The number of anilines is 1. The molecule has 1 aliphatic rings. The number of nitrogens with two attached hydrogens (primary N) is 2. The molecule has 1 saturated carbocycles. The lowest BCUT2D eigenvalue weighted by atomic mass is 9.85. The van der Waals surface area contributed by atoms with Crippen LogP contribution in [0.3, 0.4) is 0 Å². The number of benzene rings is 1. The first-order chi connectivity index (χ1) is 17.0. The maximum Gasteiger partial charge on any atom is 0.220 e. The summed E-state index contributed by atoms with van der Waals surface area (Å²) in [5.74, 6) is 0.127. The number of nitrogen functional groups attached to an aromatic ring is 1. The molecule has 1 fully saturated rings. The molecule has 0 aliphatic heterocycles. The maximum absolute atomic E-state index is 11.6. The normalized spacial score (nSPS) is 18.3. The second-order valence-corrected chi connectivity index (χ2v) is 10.4. The van der Waals surface area contributed by atoms with E-state index in [2.05, 4.69) is 26.8 Å². The van der Waals surface area contributed by atoms with Crippen LogP contribution in [-0.2, 0) is 4.79 Å². The number of nitrogens with zero attached hydrogens (tertiary/aromatic N) is 4. The number of carbonyl (C=O) groups is 1. The van der Waals surface area contributed by atoms with Crippen molar-refractivity contribution in [1.82, 2.24) is 19.5 Å². The minimum atomic E-state index is -0.217. The molecule has 4 heterocycles. The SMILES string of the molecule is NC(=O)C1CCC(n2cc(-c3cc4nc(-c5cccs5)ccc4cc3Cl)c3c(N)ncnc32)CC1. The van der Waals surface area contributed by atoms with Crippen molar-refractivity contribution in [2.24, 2.45) is 11.7 Å². The fraction of sp³-hybridized carbons (Fsp3) is 0.231. The monoisotopic (exact) mass is 502 g/mol. The summed E-state index contributed by atoms with van der Waals surface area (Å²) < 4.78 is 2.16. The third-order valence-corrected chi connectivity index (χ3v) is 8.18. The van der Waals surface area contributed by atoms with Crippen molar-refractivity contribution in [1.29, 1.82) is 0 Å². The van der Waals surface area contributed by atoms with E-state index in [9.17, 15) is 4.79 Å². The summed E-state index contributed by atoms with van der Waals surface area (Å²) in [4.78, 5) is 26.5. The number of carbonyl (C=O) groups excluding carboxylic acids is 1. The highest BCUT2D eigenvalue weighted by Gasteiger charge is 2.28. The molecular weight excluding hydrogens is 480 g/mol. The van der Waals surface area contributed by atoms with Crippen LogP contribution < -0.4 is 11.5 Å². The van der Waals surface area contributed by atoms with Crippen LogP contribution in [0.4, 0.5) is 5.82 Å². The quantitative estimate of drug-likeness (QED) is 0.321. The molecular formula is C26H23ClN6OS. The highest BCUT2D eigenvalue weighted by Crippen LogP contribution is 2.42. The molecule has 1 aromatic carbocycles. The van der Waals surface area contributed by atoms with E-state index in [0.29, 0.717) is 10.8 Å². The Morgan fingerprint density at radius 3 is 2.66 bits per heavy atom. The smallest absolute Gasteiger partial charge is 0.220 e. The largest absolute Gasteiger partial charge is 0.383 e. The minimum Gasteiger partial charge on any atom is -0.383 e. The van der Waals surface area contributed by atoms with Crippen molar-refractivity contribution in [2.45, 2.75) is 31.7 Å². The number of aromatic nitrogens is 4.